The molecule has 0 radical (unpaired) electrons. The quantitative estimate of drug-likeness (QED) is 0.497. The molecule has 5 rings (SSSR count). The Morgan fingerprint density at radius 1 is 0.824 bits per heavy atom. The van der Waals surface area contributed by atoms with E-state index in [4.69, 9.17) is 9.47 Å². The van der Waals surface area contributed by atoms with Crippen LogP contribution in [0.4, 0.5) is 32.2 Å². The van der Waals surface area contributed by atoms with E-state index in [0.717, 1.165) is 43.9 Å². The van der Waals surface area contributed by atoms with Crippen molar-refractivity contribution in [1.29, 1.82) is 0 Å². The predicted molar refractivity (Wildman–Crippen MR) is 110 cm³/mol. The van der Waals surface area contributed by atoms with E-state index in [1.807, 2.05) is 4.90 Å². The van der Waals surface area contributed by atoms with Gasteiger partial charge in [-0.1, -0.05) is 0 Å². The molecule has 2 aromatic rings. The third-order valence-electron chi connectivity index (χ3n) is 6.72. The van der Waals surface area contributed by atoms with Crippen LogP contribution < -0.4 is 14.4 Å². The average molecular weight is 487 g/mol. The number of aromatic nitrogens is 2. The van der Waals surface area contributed by atoms with E-state index in [1.165, 1.54) is 12.1 Å². The first-order valence-corrected chi connectivity index (χ1v) is 11.2. The Bertz CT molecular complexity index is 1010. The molecule has 1 aromatic carbocycles. The largest absolute Gasteiger partial charge is 0.489 e. The molecule has 0 amide bonds. The van der Waals surface area contributed by atoms with Gasteiger partial charge in [-0.15, -0.1) is 10.2 Å². The summed E-state index contributed by atoms with van der Waals surface area (Å²) in [5, 5.41) is 7.06. The van der Waals surface area contributed by atoms with Gasteiger partial charge >= 0.3 is 12.4 Å². The number of fused-ring (bicyclic) bond motifs is 2. The number of hydrogen-bond acceptors (Lipinski definition) is 5. The molecule has 5 nitrogen and oxygen atoms in total. The minimum atomic E-state index is -4.55. The van der Waals surface area contributed by atoms with Gasteiger partial charge in [-0.05, 0) is 61.9 Å². The van der Waals surface area contributed by atoms with Crippen molar-refractivity contribution in [1.82, 2.24) is 10.2 Å². The highest BCUT2D eigenvalue weighted by Crippen LogP contribution is 2.44. The van der Waals surface area contributed by atoms with Crippen molar-refractivity contribution < 1.29 is 35.8 Å². The van der Waals surface area contributed by atoms with Crippen LogP contribution in [0.5, 0.6) is 11.5 Å². The van der Waals surface area contributed by atoms with Crippen molar-refractivity contribution >= 4 is 5.82 Å². The zero-order chi connectivity index (χ0) is 24.1. The lowest BCUT2D eigenvalue weighted by Crippen LogP contribution is -2.47. The second-order valence-electron chi connectivity index (χ2n) is 9.27. The summed E-state index contributed by atoms with van der Waals surface area (Å²) in [4.78, 5) is 1.90. The Balaban J connectivity index is 1.30. The van der Waals surface area contributed by atoms with Crippen LogP contribution in [-0.2, 0) is 12.4 Å². The van der Waals surface area contributed by atoms with Crippen molar-refractivity contribution in [2.75, 3.05) is 24.6 Å². The van der Waals surface area contributed by atoms with E-state index in [-0.39, 0.29) is 23.7 Å². The minimum Gasteiger partial charge on any atom is -0.489 e. The maximum absolute atomic E-state index is 13.2. The predicted octanol–water partition coefficient (Wildman–Crippen LogP) is 5.60. The fourth-order valence-electron chi connectivity index (χ4n) is 4.73. The molecule has 2 heterocycles. The van der Waals surface area contributed by atoms with E-state index in [2.05, 4.69) is 10.2 Å². The molecule has 0 spiro atoms. The van der Waals surface area contributed by atoms with Crippen LogP contribution in [0.1, 0.15) is 36.9 Å². The third-order valence-corrected chi connectivity index (χ3v) is 6.72. The monoisotopic (exact) mass is 487 g/mol. The lowest BCUT2D eigenvalue weighted by Gasteiger charge is -2.38. The maximum atomic E-state index is 13.2. The fourth-order valence-corrected chi connectivity index (χ4v) is 4.73. The van der Waals surface area contributed by atoms with Crippen LogP contribution in [0.2, 0.25) is 0 Å². The Hall–Kier alpha value is -2.72. The molecular formula is C23H23F6N3O2. The summed E-state index contributed by atoms with van der Waals surface area (Å²) < 4.78 is 89.9. The molecule has 2 aliphatic carbocycles. The summed E-state index contributed by atoms with van der Waals surface area (Å²) in [7, 11) is 0. The van der Waals surface area contributed by atoms with Crippen LogP contribution in [0.15, 0.2) is 30.3 Å². The number of alkyl halides is 6. The normalized spacial score (nSPS) is 24.9. The molecular weight excluding hydrogens is 464 g/mol. The first kappa shape index (κ1) is 23.0. The van der Waals surface area contributed by atoms with Crippen molar-refractivity contribution in [2.24, 2.45) is 17.8 Å². The van der Waals surface area contributed by atoms with Crippen LogP contribution in [-0.4, -0.2) is 36.0 Å². The molecule has 3 aliphatic rings. The Kier molecular flexibility index (Phi) is 5.76. The summed E-state index contributed by atoms with van der Waals surface area (Å²) in [5.41, 5.74) is -1.83. The molecule has 1 aromatic heterocycles. The molecule has 2 unspecified atom stereocenters. The first-order chi connectivity index (χ1) is 16.1. The van der Waals surface area contributed by atoms with Gasteiger partial charge in [0.25, 0.3) is 0 Å². The number of piperidine rings is 1. The van der Waals surface area contributed by atoms with Crippen molar-refractivity contribution in [3.8, 4) is 11.5 Å². The molecule has 3 fully saturated rings. The highest BCUT2D eigenvalue weighted by Gasteiger charge is 2.45. The number of anilines is 1. The van der Waals surface area contributed by atoms with Crippen LogP contribution in [0, 0.1) is 17.8 Å². The number of hydrogen-bond donors (Lipinski definition) is 0. The fraction of sp³-hybridized carbons (Fsp3) is 0.565. The van der Waals surface area contributed by atoms with Gasteiger partial charge in [-0.2, -0.15) is 26.3 Å². The van der Waals surface area contributed by atoms with Gasteiger partial charge in [0.15, 0.2) is 23.0 Å². The van der Waals surface area contributed by atoms with Gasteiger partial charge in [0, 0.05) is 24.9 Å². The lowest BCUT2D eigenvalue weighted by atomic mass is 9.94. The van der Waals surface area contributed by atoms with E-state index < -0.39 is 23.6 Å². The number of halogens is 6. The smallest absolute Gasteiger partial charge is 0.435 e. The van der Waals surface area contributed by atoms with Crippen LogP contribution >= 0.6 is 0 Å². The van der Waals surface area contributed by atoms with Gasteiger partial charge in [0.1, 0.15) is 6.10 Å². The molecule has 0 N–H and O–H groups in total. The van der Waals surface area contributed by atoms with Crippen LogP contribution in [0.3, 0.4) is 0 Å². The molecule has 1 saturated heterocycles. The molecule has 184 valence electrons. The average Bonchev–Trinajstić information content (AvgIpc) is 3.58. The number of rotatable bonds is 6. The SMILES string of the molecule is FC(F)(F)c1ccc(OC2C3CCC2CN(c2ccc(C(F)(F)F)nn2)C3)c(OCC2CC2)c1. The standard InChI is InChI=1S/C23H23F6N3O2/c24-22(25,26)16-5-6-17(18(9-16)33-12-13-1-2-13)34-21-14-3-4-15(21)11-32(10-14)20-8-7-19(30-31-20)23(27,28)29/h5-9,13-15,21H,1-4,10-12H2. The van der Waals surface area contributed by atoms with E-state index in [0.29, 0.717) is 37.2 Å². The Morgan fingerprint density at radius 3 is 2.09 bits per heavy atom. The molecule has 2 saturated carbocycles. The van der Waals surface area contributed by atoms with Gasteiger partial charge in [-0.3, -0.25) is 0 Å². The number of benzene rings is 1. The molecule has 2 bridgehead atoms. The van der Waals surface area contributed by atoms with Crippen molar-refractivity contribution in [3.63, 3.8) is 0 Å². The summed E-state index contributed by atoms with van der Waals surface area (Å²) in [5.74, 6) is 1.23. The molecule has 2 atom stereocenters. The maximum Gasteiger partial charge on any atom is 0.435 e. The zero-order valence-corrected chi connectivity index (χ0v) is 18.1. The van der Waals surface area contributed by atoms with Crippen molar-refractivity contribution in [2.45, 2.75) is 44.1 Å². The molecule has 11 heteroatoms. The van der Waals surface area contributed by atoms with Gasteiger partial charge < -0.3 is 14.4 Å². The lowest BCUT2D eigenvalue weighted by molar-refractivity contribution is -0.141. The summed E-state index contributed by atoms with van der Waals surface area (Å²) in [6, 6.07) is 5.54. The highest BCUT2D eigenvalue weighted by atomic mass is 19.4. The second-order valence-corrected chi connectivity index (χ2v) is 9.27. The van der Waals surface area contributed by atoms with E-state index >= 15 is 0 Å². The summed E-state index contributed by atoms with van der Waals surface area (Å²) in [6.45, 7) is 1.38. The Morgan fingerprint density at radius 2 is 1.53 bits per heavy atom. The van der Waals surface area contributed by atoms with Gasteiger partial charge in [0.05, 0.1) is 12.2 Å². The summed E-state index contributed by atoms with van der Waals surface area (Å²) in [6.07, 6.45) is -5.55. The Labute approximate surface area is 192 Å². The highest BCUT2D eigenvalue weighted by molar-refractivity contribution is 5.45. The topological polar surface area (TPSA) is 47.5 Å². The van der Waals surface area contributed by atoms with Crippen LogP contribution in [0.25, 0.3) is 0 Å². The zero-order valence-electron chi connectivity index (χ0n) is 18.1. The first-order valence-electron chi connectivity index (χ1n) is 11.2. The van der Waals surface area contributed by atoms with E-state index in [9.17, 15) is 26.3 Å². The minimum absolute atomic E-state index is 0.0569. The van der Waals surface area contributed by atoms with Gasteiger partial charge in [0.2, 0.25) is 0 Å². The molecule has 34 heavy (non-hydrogen) atoms. The van der Waals surface area contributed by atoms with Crippen molar-refractivity contribution in [3.05, 3.63) is 41.6 Å². The summed E-state index contributed by atoms with van der Waals surface area (Å²) >= 11 is 0. The second kappa shape index (κ2) is 8.49. The van der Waals surface area contributed by atoms with E-state index in [1.54, 1.807) is 0 Å². The van der Waals surface area contributed by atoms with Gasteiger partial charge in [-0.25, -0.2) is 0 Å². The number of ether oxygens (including phenoxy) is 2. The molecule has 1 aliphatic heterocycles. The number of nitrogens with zero attached hydrogens (tertiary/aromatic N) is 3. The third kappa shape index (κ3) is 4.88.